The number of hydrogen-bond acceptors (Lipinski definition) is 5. The van der Waals surface area contributed by atoms with Crippen LogP contribution in [-0.2, 0) is 9.59 Å². The van der Waals surface area contributed by atoms with Gasteiger partial charge in [0.1, 0.15) is 19.0 Å². The van der Waals surface area contributed by atoms with Crippen molar-refractivity contribution in [3.8, 4) is 17.2 Å². The average molecular weight is 389 g/mol. The minimum atomic E-state index is -0.512. The highest BCUT2D eigenvalue weighted by Gasteiger charge is 2.37. The minimum absolute atomic E-state index is 0.109. The number of nitrogens with zero attached hydrogens (tertiary/aromatic N) is 1. The molecule has 1 fully saturated rings. The Labute approximate surface area is 167 Å². The van der Waals surface area contributed by atoms with Gasteiger partial charge in [0.2, 0.25) is 5.91 Å². The van der Waals surface area contributed by atoms with Crippen LogP contribution in [0.2, 0.25) is 0 Å². The molecule has 146 valence electrons. The van der Waals surface area contributed by atoms with Gasteiger partial charge in [0.15, 0.2) is 11.5 Å². The van der Waals surface area contributed by atoms with Crippen molar-refractivity contribution < 1.29 is 23.8 Å². The molecular weight excluding hydrogens is 370 g/mol. The summed E-state index contributed by atoms with van der Waals surface area (Å²) in [5.74, 6) is 0.750. The van der Waals surface area contributed by atoms with Crippen LogP contribution >= 0.6 is 0 Å². The third-order valence-electron chi connectivity index (χ3n) is 5.24. The lowest BCUT2D eigenvalue weighted by atomic mass is 10.1. The molecule has 0 N–H and O–H groups in total. The van der Waals surface area contributed by atoms with Crippen molar-refractivity contribution in [2.75, 3.05) is 24.7 Å². The summed E-state index contributed by atoms with van der Waals surface area (Å²) in [7, 11) is 0. The van der Waals surface area contributed by atoms with E-state index in [1.165, 1.54) is 0 Å². The van der Waals surface area contributed by atoms with E-state index in [-0.39, 0.29) is 18.9 Å². The molecule has 3 aromatic carbocycles. The Bertz CT molecular complexity index is 1110. The second kappa shape index (κ2) is 7.13. The van der Waals surface area contributed by atoms with Crippen LogP contribution in [0.5, 0.6) is 17.2 Å². The maximum Gasteiger partial charge on any atom is 0.316 e. The topological polar surface area (TPSA) is 65.1 Å². The molecule has 6 heteroatoms. The SMILES string of the molecule is O=C(Oc1ccc2ccccc2c1)[C@H]1CC(=O)N(c2ccc3c(c2)OCCO3)C1. The Balaban J connectivity index is 1.31. The summed E-state index contributed by atoms with van der Waals surface area (Å²) in [5.41, 5.74) is 0.695. The van der Waals surface area contributed by atoms with E-state index in [4.69, 9.17) is 14.2 Å². The van der Waals surface area contributed by atoms with Crippen LogP contribution in [0.3, 0.4) is 0 Å². The van der Waals surface area contributed by atoms with E-state index in [1.54, 1.807) is 23.1 Å². The molecular formula is C23H19NO5. The van der Waals surface area contributed by atoms with Gasteiger partial charge in [-0.1, -0.05) is 30.3 Å². The largest absolute Gasteiger partial charge is 0.486 e. The Hall–Kier alpha value is -3.54. The number of fused-ring (bicyclic) bond motifs is 2. The highest BCUT2D eigenvalue weighted by molar-refractivity contribution is 6.00. The Morgan fingerprint density at radius 3 is 2.59 bits per heavy atom. The number of esters is 1. The fourth-order valence-electron chi connectivity index (χ4n) is 3.75. The van der Waals surface area contributed by atoms with Crippen molar-refractivity contribution in [1.29, 1.82) is 0 Å². The maximum atomic E-state index is 12.7. The molecule has 0 spiro atoms. The molecule has 2 aliphatic rings. The Morgan fingerprint density at radius 2 is 1.72 bits per heavy atom. The van der Waals surface area contributed by atoms with Crippen molar-refractivity contribution in [3.63, 3.8) is 0 Å². The fourth-order valence-corrected chi connectivity index (χ4v) is 3.75. The minimum Gasteiger partial charge on any atom is -0.486 e. The fraction of sp³-hybridized carbons (Fsp3) is 0.217. The number of carbonyl (C=O) groups excluding carboxylic acids is 2. The van der Waals surface area contributed by atoms with Gasteiger partial charge in [-0.25, -0.2) is 0 Å². The van der Waals surface area contributed by atoms with Crippen molar-refractivity contribution >= 4 is 28.3 Å². The van der Waals surface area contributed by atoms with Gasteiger partial charge in [-0.2, -0.15) is 0 Å². The first-order chi connectivity index (χ1) is 14.2. The standard InChI is InChI=1S/C23H19NO5/c25-22-12-17(14-24(22)18-6-8-20-21(13-18)28-10-9-27-20)23(26)29-19-7-5-15-3-1-2-4-16(15)11-19/h1-8,11,13,17H,9-10,12,14H2/t17-/m0/s1. The molecule has 0 unspecified atom stereocenters. The predicted octanol–water partition coefficient (Wildman–Crippen LogP) is 3.57. The van der Waals surface area contributed by atoms with Gasteiger partial charge in [-0.05, 0) is 35.0 Å². The van der Waals surface area contributed by atoms with Crippen molar-refractivity contribution in [2.24, 2.45) is 5.92 Å². The quantitative estimate of drug-likeness (QED) is 0.506. The highest BCUT2D eigenvalue weighted by atomic mass is 16.6. The third-order valence-corrected chi connectivity index (χ3v) is 5.24. The number of ether oxygens (including phenoxy) is 3. The Morgan fingerprint density at radius 1 is 0.931 bits per heavy atom. The Kier molecular flexibility index (Phi) is 4.31. The maximum absolute atomic E-state index is 12.7. The number of rotatable bonds is 3. The number of benzene rings is 3. The molecule has 2 heterocycles. The zero-order valence-corrected chi connectivity index (χ0v) is 15.7. The smallest absolute Gasteiger partial charge is 0.316 e. The summed E-state index contributed by atoms with van der Waals surface area (Å²) in [6.45, 7) is 1.27. The van der Waals surface area contributed by atoms with Crippen LogP contribution in [0.15, 0.2) is 60.7 Å². The van der Waals surface area contributed by atoms with E-state index >= 15 is 0 Å². The molecule has 3 aromatic rings. The molecule has 0 aromatic heterocycles. The van der Waals surface area contributed by atoms with Crippen molar-refractivity contribution in [1.82, 2.24) is 0 Å². The first-order valence-corrected chi connectivity index (χ1v) is 9.58. The summed E-state index contributed by atoms with van der Waals surface area (Å²) in [6.07, 6.45) is 0.126. The zero-order valence-electron chi connectivity index (χ0n) is 15.7. The molecule has 0 bridgehead atoms. The molecule has 5 rings (SSSR count). The average Bonchev–Trinajstić information content (AvgIpc) is 3.15. The third kappa shape index (κ3) is 3.38. The van der Waals surface area contributed by atoms with E-state index in [2.05, 4.69) is 0 Å². The lowest BCUT2D eigenvalue weighted by Crippen LogP contribution is -2.27. The van der Waals surface area contributed by atoms with E-state index in [0.29, 0.717) is 36.1 Å². The lowest BCUT2D eigenvalue weighted by molar-refractivity contribution is -0.139. The summed E-state index contributed by atoms with van der Waals surface area (Å²) in [5, 5.41) is 2.08. The van der Waals surface area contributed by atoms with E-state index in [0.717, 1.165) is 10.8 Å². The van der Waals surface area contributed by atoms with Gasteiger partial charge in [0.25, 0.3) is 0 Å². The monoisotopic (exact) mass is 389 g/mol. The predicted molar refractivity (Wildman–Crippen MR) is 107 cm³/mol. The van der Waals surface area contributed by atoms with Gasteiger partial charge >= 0.3 is 5.97 Å². The van der Waals surface area contributed by atoms with Gasteiger partial charge in [-0.15, -0.1) is 0 Å². The lowest BCUT2D eigenvalue weighted by Gasteiger charge is -2.22. The van der Waals surface area contributed by atoms with Crippen LogP contribution in [0.1, 0.15) is 6.42 Å². The van der Waals surface area contributed by atoms with Gasteiger partial charge < -0.3 is 19.1 Å². The number of amides is 1. The van der Waals surface area contributed by atoms with Crippen LogP contribution in [0, 0.1) is 5.92 Å². The number of carbonyl (C=O) groups is 2. The molecule has 0 saturated carbocycles. The van der Waals surface area contributed by atoms with Crippen molar-refractivity contribution in [2.45, 2.75) is 6.42 Å². The van der Waals surface area contributed by atoms with E-state index in [1.807, 2.05) is 42.5 Å². The van der Waals surface area contributed by atoms with Crippen LogP contribution in [0.25, 0.3) is 10.8 Å². The molecule has 1 amide bonds. The summed E-state index contributed by atoms with van der Waals surface area (Å²) in [4.78, 5) is 26.8. The summed E-state index contributed by atoms with van der Waals surface area (Å²) < 4.78 is 16.7. The van der Waals surface area contributed by atoms with Gasteiger partial charge in [0.05, 0.1) is 5.92 Å². The molecule has 0 aliphatic carbocycles. The first-order valence-electron chi connectivity index (χ1n) is 9.58. The highest BCUT2D eigenvalue weighted by Crippen LogP contribution is 2.36. The molecule has 29 heavy (non-hydrogen) atoms. The molecule has 2 aliphatic heterocycles. The van der Waals surface area contributed by atoms with Gasteiger partial charge in [0, 0.05) is 24.7 Å². The van der Waals surface area contributed by atoms with Crippen molar-refractivity contribution in [3.05, 3.63) is 60.7 Å². The molecule has 1 saturated heterocycles. The van der Waals surface area contributed by atoms with Crippen LogP contribution in [0.4, 0.5) is 5.69 Å². The van der Waals surface area contributed by atoms with Crippen LogP contribution in [-0.4, -0.2) is 31.6 Å². The van der Waals surface area contributed by atoms with E-state index in [9.17, 15) is 9.59 Å². The first kappa shape index (κ1) is 17.6. The van der Waals surface area contributed by atoms with Crippen LogP contribution < -0.4 is 19.1 Å². The number of anilines is 1. The number of hydrogen-bond donors (Lipinski definition) is 0. The van der Waals surface area contributed by atoms with E-state index < -0.39 is 11.9 Å². The zero-order chi connectivity index (χ0) is 19.8. The molecule has 0 radical (unpaired) electrons. The normalized spacial score (nSPS) is 18.1. The molecule has 1 atom stereocenters. The van der Waals surface area contributed by atoms with Gasteiger partial charge in [-0.3, -0.25) is 9.59 Å². The second-order valence-corrected chi connectivity index (χ2v) is 7.16. The summed E-state index contributed by atoms with van der Waals surface area (Å²) >= 11 is 0. The molecule has 6 nitrogen and oxygen atoms in total. The summed E-state index contributed by atoms with van der Waals surface area (Å²) in [6, 6.07) is 18.8. The second-order valence-electron chi connectivity index (χ2n) is 7.16.